The highest BCUT2D eigenvalue weighted by molar-refractivity contribution is 9.10. The SMILES string of the molecule is CCCC(C)(C)c1[c]cccc1Br. The average molecular weight is 240 g/mol. The van der Waals surface area contributed by atoms with E-state index in [1.54, 1.807) is 0 Å². The molecule has 0 aromatic heterocycles. The molecule has 0 bridgehead atoms. The fourth-order valence-electron chi connectivity index (χ4n) is 1.68. The van der Waals surface area contributed by atoms with Crippen LogP contribution in [0.25, 0.3) is 0 Å². The van der Waals surface area contributed by atoms with Gasteiger partial charge in [-0.15, -0.1) is 0 Å². The quantitative estimate of drug-likeness (QED) is 0.737. The smallest absolute Gasteiger partial charge is 0.0218 e. The fourth-order valence-corrected chi connectivity index (χ4v) is 2.49. The van der Waals surface area contributed by atoms with Gasteiger partial charge >= 0.3 is 0 Å². The maximum absolute atomic E-state index is 3.57. The first kappa shape index (κ1) is 10.8. The van der Waals surface area contributed by atoms with Crippen LogP contribution < -0.4 is 0 Å². The van der Waals surface area contributed by atoms with Crippen LogP contribution in [0.1, 0.15) is 39.2 Å². The van der Waals surface area contributed by atoms with Gasteiger partial charge < -0.3 is 0 Å². The first-order valence-corrected chi connectivity index (χ1v) is 5.54. The molecule has 0 heterocycles. The molecule has 71 valence electrons. The second-order valence-electron chi connectivity index (χ2n) is 4.03. The van der Waals surface area contributed by atoms with Crippen molar-refractivity contribution in [3.63, 3.8) is 0 Å². The normalized spacial score (nSPS) is 11.7. The third-order valence-electron chi connectivity index (χ3n) is 2.36. The zero-order chi connectivity index (χ0) is 9.90. The van der Waals surface area contributed by atoms with Crippen molar-refractivity contribution in [1.29, 1.82) is 0 Å². The van der Waals surface area contributed by atoms with E-state index in [-0.39, 0.29) is 5.41 Å². The van der Waals surface area contributed by atoms with Gasteiger partial charge in [-0.25, -0.2) is 0 Å². The van der Waals surface area contributed by atoms with Gasteiger partial charge in [-0.05, 0) is 29.5 Å². The molecule has 0 unspecified atom stereocenters. The maximum Gasteiger partial charge on any atom is 0.0218 e. The summed E-state index contributed by atoms with van der Waals surface area (Å²) in [5.74, 6) is 0. The monoisotopic (exact) mass is 239 g/mol. The second kappa shape index (κ2) is 4.28. The van der Waals surface area contributed by atoms with Crippen molar-refractivity contribution in [2.24, 2.45) is 0 Å². The minimum atomic E-state index is 0.231. The van der Waals surface area contributed by atoms with E-state index in [1.165, 1.54) is 22.9 Å². The van der Waals surface area contributed by atoms with Gasteiger partial charge in [0.15, 0.2) is 0 Å². The predicted octanol–water partition coefficient (Wildman–Crippen LogP) is 4.33. The van der Waals surface area contributed by atoms with E-state index in [0.29, 0.717) is 0 Å². The first-order chi connectivity index (χ1) is 6.08. The van der Waals surface area contributed by atoms with Crippen molar-refractivity contribution < 1.29 is 0 Å². The topological polar surface area (TPSA) is 0 Å². The molecule has 0 aliphatic carbocycles. The van der Waals surface area contributed by atoms with Gasteiger partial charge in [-0.1, -0.05) is 55.3 Å². The van der Waals surface area contributed by atoms with E-state index in [2.05, 4.69) is 48.8 Å². The van der Waals surface area contributed by atoms with E-state index < -0.39 is 0 Å². The van der Waals surface area contributed by atoms with Crippen LogP contribution in [0.5, 0.6) is 0 Å². The Balaban J connectivity index is 2.99. The van der Waals surface area contributed by atoms with Crippen LogP contribution in [0.15, 0.2) is 22.7 Å². The summed E-state index contributed by atoms with van der Waals surface area (Å²) >= 11 is 3.57. The fraction of sp³-hybridized carbons (Fsp3) is 0.500. The van der Waals surface area contributed by atoms with Crippen molar-refractivity contribution in [1.82, 2.24) is 0 Å². The lowest BCUT2D eigenvalue weighted by Crippen LogP contribution is -2.17. The minimum Gasteiger partial charge on any atom is -0.0654 e. The molecule has 0 spiro atoms. The van der Waals surface area contributed by atoms with Gasteiger partial charge in [0.1, 0.15) is 0 Å². The summed E-state index contributed by atoms with van der Waals surface area (Å²) in [5.41, 5.74) is 1.52. The number of hydrogen-bond donors (Lipinski definition) is 0. The summed E-state index contributed by atoms with van der Waals surface area (Å²) < 4.78 is 1.17. The van der Waals surface area contributed by atoms with Crippen LogP contribution in [0, 0.1) is 6.07 Å². The van der Waals surface area contributed by atoms with Crippen LogP contribution in [-0.2, 0) is 5.41 Å². The summed E-state index contributed by atoms with van der Waals surface area (Å²) in [6, 6.07) is 9.39. The number of halogens is 1. The summed E-state index contributed by atoms with van der Waals surface area (Å²) in [6.45, 7) is 6.76. The zero-order valence-electron chi connectivity index (χ0n) is 8.52. The largest absolute Gasteiger partial charge is 0.0654 e. The molecule has 1 aromatic rings. The molecule has 0 aliphatic heterocycles. The maximum atomic E-state index is 3.57. The molecule has 0 amide bonds. The molecule has 0 saturated heterocycles. The molecule has 1 aromatic carbocycles. The number of hydrogen-bond acceptors (Lipinski definition) is 0. The molecule has 0 nitrogen and oxygen atoms in total. The van der Waals surface area contributed by atoms with Crippen LogP contribution >= 0.6 is 15.9 Å². The van der Waals surface area contributed by atoms with Crippen LogP contribution in [-0.4, -0.2) is 0 Å². The average Bonchev–Trinajstić information content (AvgIpc) is 2.04. The molecule has 0 fully saturated rings. The predicted molar refractivity (Wildman–Crippen MR) is 60.9 cm³/mol. The highest BCUT2D eigenvalue weighted by Crippen LogP contribution is 2.32. The Morgan fingerprint density at radius 3 is 2.69 bits per heavy atom. The Hall–Kier alpha value is -0.300. The van der Waals surface area contributed by atoms with Crippen molar-refractivity contribution in [3.05, 3.63) is 34.3 Å². The number of benzene rings is 1. The van der Waals surface area contributed by atoms with Crippen LogP contribution in [0.4, 0.5) is 0 Å². The molecule has 0 aliphatic rings. The van der Waals surface area contributed by atoms with Crippen molar-refractivity contribution in [2.45, 2.75) is 39.0 Å². The van der Waals surface area contributed by atoms with E-state index in [1.807, 2.05) is 12.1 Å². The molecular formula is C12H16Br. The lowest BCUT2D eigenvalue weighted by atomic mass is 9.81. The second-order valence-corrected chi connectivity index (χ2v) is 4.88. The summed E-state index contributed by atoms with van der Waals surface area (Å²) in [7, 11) is 0. The summed E-state index contributed by atoms with van der Waals surface area (Å²) in [6.07, 6.45) is 2.41. The summed E-state index contributed by atoms with van der Waals surface area (Å²) in [5, 5.41) is 0. The molecule has 1 radical (unpaired) electrons. The van der Waals surface area contributed by atoms with E-state index in [4.69, 9.17) is 0 Å². The van der Waals surface area contributed by atoms with Crippen LogP contribution in [0.3, 0.4) is 0 Å². The number of rotatable bonds is 3. The Morgan fingerprint density at radius 2 is 2.15 bits per heavy atom. The molecule has 1 heteroatoms. The Labute approximate surface area is 89.5 Å². The lowest BCUT2D eigenvalue weighted by molar-refractivity contribution is 0.470. The van der Waals surface area contributed by atoms with E-state index >= 15 is 0 Å². The molecule has 0 saturated carbocycles. The highest BCUT2D eigenvalue weighted by Gasteiger charge is 2.21. The molecule has 0 N–H and O–H groups in total. The molecule has 1 rings (SSSR count). The third-order valence-corrected chi connectivity index (χ3v) is 3.02. The van der Waals surface area contributed by atoms with Crippen molar-refractivity contribution >= 4 is 15.9 Å². The zero-order valence-corrected chi connectivity index (χ0v) is 10.1. The third kappa shape index (κ3) is 2.57. The Bertz CT molecular complexity index is 276. The highest BCUT2D eigenvalue weighted by atomic mass is 79.9. The first-order valence-electron chi connectivity index (χ1n) is 4.74. The molecule has 13 heavy (non-hydrogen) atoms. The van der Waals surface area contributed by atoms with Gasteiger partial charge in [-0.2, -0.15) is 0 Å². The molecule has 0 atom stereocenters. The Morgan fingerprint density at radius 1 is 1.46 bits per heavy atom. The van der Waals surface area contributed by atoms with E-state index in [9.17, 15) is 0 Å². The van der Waals surface area contributed by atoms with Gasteiger partial charge in [0.25, 0.3) is 0 Å². The summed E-state index contributed by atoms with van der Waals surface area (Å²) in [4.78, 5) is 0. The van der Waals surface area contributed by atoms with Gasteiger partial charge in [0.05, 0.1) is 0 Å². The lowest BCUT2D eigenvalue weighted by Gasteiger charge is -2.25. The van der Waals surface area contributed by atoms with Crippen LogP contribution in [0.2, 0.25) is 0 Å². The standard InChI is InChI=1S/C12H16Br/c1-4-9-12(2,3)10-7-5-6-8-11(10)13/h5-6,8H,4,9H2,1-3H3. The molecular weight excluding hydrogens is 224 g/mol. The Kier molecular flexibility index (Phi) is 3.55. The van der Waals surface area contributed by atoms with Gasteiger partial charge in [-0.3, -0.25) is 0 Å². The van der Waals surface area contributed by atoms with E-state index in [0.717, 1.165) is 0 Å². The van der Waals surface area contributed by atoms with Crippen molar-refractivity contribution in [3.8, 4) is 0 Å². The van der Waals surface area contributed by atoms with Gasteiger partial charge in [0.2, 0.25) is 0 Å². The minimum absolute atomic E-state index is 0.231. The van der Waals surface area contributed by atoms with Crippen molar-refractivity contribution in [2.75, 3.05) is 0 Å². The van der Waals surface area contributed by atoms with Gasteiger partial charge in [0, 0.05) is 4.47 Å².